The van der Waals surface area contributed by atoms with Crippen LogP contribution in [0.25, 0.3) is 0 Å². The number of hydrogen-bond donors (Lipinski definition) is 4. The summed E-state index contributed by atoms with van der Waals surface area (Å²) in [4.78, 5) is 37.8. The number of amides is 3. The molecule has 1 aliphatic heterocycles. The minimum Gasteiger partial charge on any atom is -0.481 e. The molecular weight excluding hydrogens is 434 g/mol. The molecule has 0 saturated carbocycles. The third kappa shape index (κ3) is 6.61. The van der Waals surface area contributed by atoms with Gasteiger partial charge in [-0.15, -0.1) is 11.3 Å². The molecule has 1 aromatic carbocycles. The van der Waals surface area contributed by atoms with Crippen LogP contribution in [-0.2, 0) is 16.1 Å². The molecule has 2 atom stereocenters. The van der Waals surface area contributed by atoms with Crippen LogP contribution in [0.1, 0.15) is 49.1 Å². The SMILES string of the molecule is CCCC[C@H](NC(=O)N[C@@H](CC(=O)O)c1ccc2c(c1)OCO2)C(=O)NCc1cccs1. The van der Waals surface area contributed by atoms with Crippen LogP contribution in [0.2, 0.25) is 0 Å². The van der Waals surface area contributed by atoms with E-state index in [9.17, 15) is 19.5 Å². The molecule has 0 radical (unpaired) electrons. The van der Waals surface area contributed by atoms with Crippen molar-refractivity contribution in [1.82, 2.24) is 16.0 Å². The lowest BCUT2D eigenvalue weighted by molar-refractivity contribution is -0.137. The van der Waals surface area contributed by atoms with Crippen LogP contribution in [-0.4, -0.2) is 35.8 Å². The smallest absolute Gasteiger partial charge is 0.315 e. The fourth-order valence-electron chi connectivity index (χ4n) is 3.30. The van der Waals surface area contributed by atoms with Crippen molar-refractivity contribution in [1.29, 1.82) is 0 Å². The minimum atomic E-state index is -1.07. The summed E-state index contributed by atoms with van der Waals surface area (Å²) in [7, 11) is 0. The van der Waals surface area contributed by atoms with Gasteiger partial charge >= 0.3 is 12.0 Å². The third-order valence-electron chi connectivity index (χ3n) is 4.97. The van der Waals surface area contributed by atoms with Gasteiger partial charge in [0.2, 0.25) is 12.7 Å². The van der Waals surface area contributed by atoms with Crippen molar-refractivity contribution in [2.24, 2.45) is 0 Å². The molecule has 0 bridgehead atoms. The predicted molar refractivity (Wildman–Crippen MR) is 119 cm³/mol. The van der Waals surface area contributed by atoms with E-state index in [-0.39, 0.29) is 19.1 Å². The topological polar surface area (TPSA) is 126 Å². The first-order valence-corrected chi connectivity index (χ1v) is 11.3. The van der Waals surface area contributed by atoms with Crippen LogP contribution in [0.5, 0.6) is 11.5 Å². The standard InChI is InChI=1S/C22H27N3O6S/c1-2-3-6-16(21(28)23-12-15-5-4-9-32-15)24-22(29)25-17(11-20(26)27)14-7-8-18-19(10-14)31-13-30-18/h4-5,7-10,16-17H,2-3,6,11-13H2,1H3,(H,23,28)(H,26,27)(H2,24,25,29)/t16-,17-/m0/s1. The number of thiophene rings is 1. The molecule has 1 aromatic heterocycles. The molecule has 0 saturated heterocycles. The number of carbonyl (C=O) groups excluding carboxylic acids is 2. The van der Waals surface area contributed by atoms with Crippen molar-refractivity contribution in [3.8, 4) is 11.5 Å². The summed E-state index contributed by atoms with van der Waals surface area (Å²) in [5, 5.41) is 19.5. The first-order valence-electron chi connectivity index (χ1n) is 10.4. The molecule has 9 nitrogen and oxygen atoms in total. The Kier molecular flexibility index (Phi) is 8.32. The first-order chi connectivity index (χ1) is 15.5. The molecule has 0 unspecified atom stereocenters. The number of aliphatic carboxylic acids is 1. The maximum absolute atomic E-state index is 12.7. The Hall–Kier alpha value is -3.27. The number of rotatable bonds is 11. The van der Waals surface area contributed by atoms with Gasteiger partial charge < -0.3 is 30.5 Å². The molecule has 0 spiro atoms. The number of benzene rings is 1. The van der Waals surface area contributed by atoms with E-state index in [1.54, 1.807) is 18.2 Å². The van der Waals surface area contributed by atoms with Crippen molar-refractivity contribution in [3.63, 3.8) is 0 Å². The Balaban J connectivity index is 1.64. The van der Waals surface area contributed by atoms with E-state index >= 15 is 0 Å². The number of ether oxygens (including phenoxy) is 2. The van der Waals surface area contributed by atoms with E-state index in [4.69, 9.17) is 9.47 Å². The summed E-state index contributed by atoms with van der Waals surface area (Å²) >= 11 is 1.54. The highest BCUT2D eigenvalue weighted by molar-refractivity contribution is 7.09. The van der Waals surface area contributed by atoms with Crippen LogP contribution < -0.4 is 25.4 Å². The van der Waals surface area contributed by atoms with Gasteiger partial charge in [-0.05, 0) is 35.6 Å². The third-order valence-corrected chi connectivity index (χ3v) is 5.84. The van der Waals surface area contributed by atoms with E-state index in [1.807, 2.05) is 24.4 Å². The van der Waals surface area contributed by atoms with Crippen LogP contribution in [0.4, 0.5) is 4.79 Å². The molecule has 2 aromatic rings. The molecule has 32 heavy (non-hydrogen) atoms. The van der Waals surface area contributed by atoms with Crippen molar-refractivity contribution in [2.45, 2.75) is 51.2 Å². The second-order valence-electron chi connectivity index (χ2n) is 7.37. The lowest BCUT2D eigenvalue weighted by Gasteiger charge is -2.22. The highest BCUT2D eigenvalue weighted by Crippen LogP contribution is 2.34. The van der Waals surface area contributed by atoms with E-state index in [0.29, 0.717) is 30.0 Å². The summed E-state index contributed by atoms with van der Waals surface area (Å²) in [6.07, 6.45) is 1.79. The molecule has 172 valence electrons. The Morgan fingerprint density at radius 1 is 1.16 bits per heavy atom. The number of unbranched alkanes of at least 4 members (excludes halogenated alkanes) is 1. The molecule has 4 N–H and O–H groups in total. The number of carboxylic acids is 1. The van der Waals surface area contributed by atoms with Crippen LogP contribution in [0.3, 0.4) is 0 Å². The lowest BCUT2D eigenvalue weighted by atomic mass is 10.0. The molecule has 10 heteroatoms. The Bertz CT molecular complexity index is 934. The van der Waals surface area contributed by atoms with Crippen LogP contribution in [0.15, 0.2) is 35.7 Å². The number of carboxylic acid groups (broad SMARTS) is 1. The average Bonchev–Trinajstić information content (AvgIpc) is 3.45. The number of fused-ring (bicyclic) bond motifs is 1. The summed E-state index contributed by atoms with van der Waals surface area (Å²) in [5.74, 6) is -0.285. The van der Waals surface area contributed by atoms with Crippen molar-refractivity contribution >= 4 is 29.2 Å². The van der Waals surface area contributed by atoms with Gasteiger partial charge in [-0.2, -0.15) is 0 Å². The second kappa shape index (κ2) is 11.4. The van der Waals surface area contributed by atoms with Gasteiger partial charge in [0.1, 0.15) is 6.04 Å². The molecule has 0 aliphatic carbocycles. The number of carbonyl (C=O) groups is 3. The molecule has 0 fully saturated rings. The Labute approximate surface area is 190 Å². The number of nitrogens with one attached hydrogen (secondary N) is 3. The van der Waals surface area contributed by atoms with Gasteiger partial charge in [-0.3, -0.25) is 9.59 Å². The van der Waals surface area contributed by atoms with E-state index in [2.05, 4.69) is 16.0 Å². The second-order valence-corrected chi connectivity index (χ2v) is 8.41. The van der Waals surface area contributed by atoms with Crippen LogP contribution in [0, 0.1) is 0 Å². The molecule has 3 rings (SSSR count). The summed E-state index contributed by atoms with van der Waals surface area (Å²) in [5.41, 5.74) is 0.569. The molecular formula is C22H27N3O6S. The molecule has 3 amide bonds. The largest absolute Gasteiger partial charge is 0.481 e. The van der Waals surface area contributed by atoms with Gasteiger partial charge in [0.15, 0.2) is 11.5 Å². The molecule has 1 aliphatic rings. The van der Waals surface area contributed by atoms with Crippen molar-refractivity contribution in [2.75, 3.05) is 6.79 Å². The van der Waals surface area contributed by atoms with E-state index < -0.39 is 24.1 Å². The van der Waals surface area contributed by atoms with E-state index in [1.165, 1.54) is 11.3 Å². The number of urea groups is 1. The van der Waals surface area contributed by atoms with Gasteiger partial charge in [0, 0.05) is 4.88 Å². The zero-order chi connectivity index (χ0) is 22.9. The normalized spacial score (nSPS) is 13.8. The van der Waals surface area contributed by atoms with Gasteiger partial charge in [-0.25, -0.2) is 4.79 Å². The fraction of sp³-hybridized carbons (Fsp3) is 0.409. The fourth-order valence-corrected chi connectivity index (χ4v) is 3.95. The predicted octanol–water partition coefficient (Wildman–Crippen LogP) is 3.17. The lowest BCUT2D eigenvalue weighted by Crippen LogP contribution is -2.50. The Morgan fingerprint density at radius 2 is 1.97 bits per heavy atom. The van der Waals surface area contributed by atoms with Crippen LogP contribution >= 0.6 is 11.3 Å². The summed E-state index contributed by atoms with van der Waals surface area (Å²) in [6.45, 7) is 2.49. The van der Waals surface area contributed by atoms with Gasteiger partial charge in [-0.1, -0.05) is 31.9 Å². The van der Waals surface area contributed by atoms with Crippen molar-refractivity contribution < 1.29 is 29.0 Å². The first kappa shape index (κ1) is 23.4. The quantitative estimate of drug-likeness (QED) is 0.407. The van der Waals surface area contributed by atoms with E-state index in [0.717, 1.165) is 17.7 Å². The maximum Gasteiger partial charge on any atom is 0.315 e. The summed E-state index contributed by atoms with van der Waals surface area (Å²) in [6, 6.07) is 6.71. The van der Waals surface area contributed by atoms with Crippen molar-refractivity contribution in [3.05, 3.63) is 46.2 Å². The van der Waals surface area contributed by atoms with Gasteiger partial charge in [0.05, 0.1) is 19.0 Å². The minimum absolute atomic E-state index is 0.0932. The highest BCUT2D eigenvalue weighted by atomic mass is 32.1. The zero-order valence-corrected chi connectivity index (χ0v) is 18.6. The average molecular weight is 462 g/mol. The summed E-state index contributed by atoms with van der Waals surface area (Å²) < 4.78 is 10.6. The number of hydrogen-bond acceptors (Lipinski definition) is 6. The molecule has 2 heterocycles. The highest BCUT2D eigenvalue weighted by Gasteiger charge is 2.25. The maximum atomic E-state index is 12.7. The Morgan fingerprint density at radius 3 is 2.69 bits per heavy atom. The zero-order valence-electron chi connectivity index (χ0n) is 17.8. The monoisotopic (exact) mass is 461 g/mol. The van der Waals surface area contributed by atoms with Gasteiger partial charge in [0.25, 0.3) is 0 Å².